The first-order valence-electron chi connectivity index (χ1n) is 9.85. The highest BCUT2D eigenvalue weighted by molar-refractivity contribution is 5.88. The summed E-state index contributed by atoms with van der Waals surface area (Å²) in [5.74, 6) is -1.22. The minimum atomic E-state index is -0.459. The van der Waals surface area contributed by atoms with E-state index in [4.69, 9.17) is 4.74 Å². The third-order valence-electron chi connectivity index (χ3n) is 5.53. The zero-order valence-corrected chi connectivity index (χ0v) is 15.9. The Morgan fingerprint density at radius 3 is 2.59 bits per heavy atom. The van der Waals surface area contributed by atoms with Crippen molar-refractivity contribution in [1.29, 1.82) is 0 Å². The van der Waals surface area contributed by atoms with Gasteiger partial charge in [0, 0.05) is 19.0 Å². The second-order valence-electron chi connectivity index (χ2n) is 7.55. The van der Waals surface area contributed by atoms with E-state index in [1.54, 1.807) is 0 Å². The van der Waals surface area contributed by atoms with Crippen molar-refractivity contribution < 1.29 is 19.1 Å². The minimum absolute atomic E-state index is 0.0333. The third kappa shape index (κ3) is 5.08. The minimum Gasteiger partial charge on any atom is -0.455 e. The Balaban J connectivity index is 1.43. The Kier molecular flexibility index (Phi) is 6.48. The Morgan fingerprint density at radius 2 is 1.89 bits per heavy atom. The van der Waals surface area contributed by atoms with Gasteiger partial charge in [-0.3, -0.25) is 14.4 Å². The summed E-state index contributed by atoms with van der Waals surface area (Å²) in [6.07, 6.45) is 5.74. The van der Waals surface area contributed by atoms with Gasteiger partial charge in [0.2, 0.25) is 5.91 Å². The summed E-state index contributed by atoms with van der Waals surface area (Å²) in [5, 5.41) is 2.82. The standard InChI is InChI=1S/C21H28N2O4/c1-15(16-8-4-2-5-9-16)22-19(24)14-27-21(26)17-12-20(25)23(13-17)18-10-6-3-7-11-18/h2,4-5,8-9,15,17-18H,3,6-7,10-14H2,1H3,(H,22,24)/t15-,17+/m0/s1. The zero-order valence-electron chi connectivity index (χ0n) is 15.9. The van der Waals surface area contributed by atoms with E-state index < -0.39 is 11.9 Å². The largest absolute Gasteiger partial charge is 0.455 e. The molecular formula is C21H28N2O4. The van der Waals surface area contributed by atoms with Gasteiger partial charge in [-0.1, -0.05) is 49.6 Å². The van der Waals surface area contributed by atoms with E-state index in [-0.39, 0.29) is 36.9 Å². The van der Waals surface area contributed by atoms with Crippen LogP contribution in [0, 0.1) is 5.92 Å². The van der Waals surface area contributed by atoms with Crippen LogP contribution in [-0.2, 0) is 19.1 Å². The number of carbonyl (C=O) groups excluding carboxylic acids is 3. The summed E-state index contributed by atoms with van der Waals surface area (Å²) >= 11 is 0. The molecular weight excluding hydrogens is 344 g/mol. The molecule has 27 heavy (non-hydrogen) atoms. The van der Waals surface area contributed by atoms with Gasteiger partial charge in [0.15, 0.2) is 6.61 Å². The number of likely N-dealkylation sites (tertiary alicyclic amines) is 1. The Morgan fingerprint density at radius 1 is 1.19 bits per heavy atom. The maximum atomic E-state index is 12.3. The molecule has 1 aromatic carbocycles. The first-order chi connectivity index (χ1) is 13.0. The highest BCUT2D eigenvalue weighted by Crippen LogP contribution is 2.29. The molecule has 1 aromatic rings. The number of carbonyl (C=O) groups is 3. The van der Waals surface area contributed by atoms with Gasteiger partial charge in [0.25, 0.3) is 5.91 Å². The van der Waals surface area contributed by atoms with Crippen molar-refractivity contribution >= 4 is 17.8 Å². The van der Waals surface area contributed by atoms with Crippen LogP contribution in [0.15, 0.2) is 30.3 Å². The number of rotatable bonds is 6. The van der Waals surface area contributed by atoms with Crippen LogP contribution in [0.1, 0.15) is 57.1 Å². The Hall–Kier alpha value is -2.37. The fraction of sp³-hybridized carbons (Fsp3) is 0.571. The molecule has 0 unspecified atom stereocenters. The van der Waals surface area contributed by atoms with Crippen LogP contribution in [0.3, 0.4) is 0 Å². The van der Waals surface area contributed by atoms with E-state index in [0.29, 0.717) is 6.54 Å². The topological polar surface area (TPSA) is 75.7 Å². The fourth-order valence-corrected chi connectivity index (χ4v) is 4.00. The van der Waals surface area contributed by atoms with Crippen molar-refractivity contribution in [2.24, 2.45) is 5.92 Å². The average Bonchev–Trinajstić information content (AvgIpc) is 3.09. The van der Waals surface area contributed by atoms with Crippen LogP contribution in [0.5, 0.6) is 0 Å². The summed E-state index contributed by atoms with van der Waals surface area (Å²) < 4.78 is 5.18. The molecule has 2 fully saturated rings. The van der Waals surface area contributed by atoms with Gasteiger partial charge in [0.05, 0.1) is 12.0 Å². The number of hydrogen-bond acceptors (Lipinski definition) is 4. The Labute approximate surface area is 160 Å². The van der Waals surface area contributed by atoms with Crippen LogP contribution in [-0.4, -0.2) is 41.9 Å². The lowest BCUT2D eigenvalue weighted by Crippen LogP contribution is -2.38. The van der Waals surface area contributed by atoms with Crippen molar-refractivity contribution in [3.63, 3.8) is 0 Å². The van der Waals surface area contributed by atoms with Gasteiger partial charge >= 0.3 is 5.97 Å². The van der Waals surface area contributed by atoms with Crippen LogP contribution < -0.4 is 5.32 Å². The second-order valence-corrected chi connectivity index (χ2v) is 7.55. The molecule has 2 aliphatic rings. The van der Waals surface area contributed by atoms with Crippen molar-refractivity contribution in [2.45, 2.75) is 57.5 Å². The normalized spacial score (nSPS) is 21.7. The summed E-state index contributed by atoms with van der Waals surface area (Å²) in [7, 11) is 0. The van der Waals surface area contributed by atoms with Crippen LogP contribution in [0.2, 0.25) is 0 Å². The van der Waals surface area contributed by atoms with Crippen LogP contribution in [0.4, 0.5) is 0 Å². The van der Waals surface area contributed by atoms with E-state index in [1.165, 1.54) is 6.42 Å². The highest BCUT2D eigenvalue weighted by Gasteiger charge is 2.39. The van der Waals surface area contributed by atoms with E-state index in [9.17, 15) is 14.4 Å². The summed E-state index contributed by atoms with van der Waals surface area (Å²) in [6, 6.07) is 9.70. The zero-order chi connectivity index (χ0) is 19.2. The smallest absolute Gasteiger partial charge is 0.311 e. The first-order valence-corrected chi connectivity index (χ1v) is 9.85. The van der Waals surface area contributed by atoms with E-state index in [0.717, 1.165) is 31.2 Å². The molecule has 0 bridgehead atoms. The molecule has 1 heterocycles. The number of benzene rings is 1. The quantitative estimate of drug-likeness (QED) is 0.779. The summed E-state index contributed by atoms with van der Waals surface area (Å²) in [4.78, 5) is 38.5. The van der Waals surface area contributed by atoms with Crippen molar-refractivity contribution in [3.05, 3.63) is 35.9 Å². The van der Waals surface area contributed by atoms with Crippen molar-refractivity contribution in [1.82, 2.24) is 10.2 Å². The number of ether oxygens (including phenoxy) is 1. The lowest BCUT2D eigenvalue weighted by molar-refractivity contribution is -0.152. The lowest BCUT2D eigenvalue weighted by atomic mass is 9.94. The molecule has 1 aliphatic carbocycles. The van der Waals surface area contributed by atoms with Gasteiger partial charge in [-0.2, -0.15) is 0 Å². The molecule has 1 aliphatic heterocycles. The van der Waals surface area contributed by atoms with E-state index in [2.05, 4.69) is 5.32 Å². The maximum Gasteiger partial charge on any atom is 0.311 e. The molecule has 3 rings (SSSR count). The maximum absolute atomic E-state index is 12.3. The molecule has 6 heteroatoms. The number of nitrogens with one attached hydrogen (secondary N) is 1. The van der Waals surface area contributed by atoms with Crippen molar-refractivity contribution in [2.75, 3.05) is 13.2 Å². The van der Waals surface area contributed by atoms with Gasteiger partial charge < -0.3 is 15.0 Å². The lowest BCUT2D eigenvalue weighted by Gasteiger charge is -2.31. The first kappa shape index (κ1) is 19.4. The highest BCUT2D eigenvalue weighted by atomic mass is 16.5. The van der Waals surface area contributed by atoms with Gasteiger partial charge in [-0.05, 0) is 25.3 Å². The van der Waals surface area contributed by atoms with Crippen LogP contribution in [0.25, 0.3) is 0 Å². The molecule has 2 amide bonds. The molecule has 0 spiro atoms. The third-order valence-corrected chi connectivity index (χ3v) is 5.53. The van der Waals surface area contributed by atoms with Gasteiger partial charge in [-0.25, -0.2) is 0 Å². The second kappa shape index (κ2) is 9.02. The number of amides is 2. The molecule has 146 valence electrons. The molecule has 1 saturated carbocycles. The predicted molar refractivity (Wildman–Crippen MR) is 101 cm³/mol. The van der Waals surface area contributed by atoms with E-state index >= 15 is 0 Å². The van der Waals surface area contributed by atoms with E-state index in [1.807, 2.05) is 42.2 Å². The predicted octanol–water partition coefficient (Wildman–Crippen LogP) is 2.59. The number of esters is 1. The Bertz CT molecular complexity index is 670. The fourth-order valence-electron chi connectivity index (χ4n) is 4.00. The number of nitrogens with zero attached hydrogens (tertiary/aromatic N) is 1. The molecule has 0 radical (unpaired) electrons. The molecule has 1 N–H and O–H groups in total. The summed E-state index contributed by atoms with van der Waals surface area (Å²) in [6.45, 7) is 1.99. The monoisotopic (exact) mass is 372 g/mol. The SMILES string of the molecule is C[C@H](NC(=O)COC(=O)[C@@H]1CC(=O)N(C2CCCCC2)C1)c1ccccc1. The van der Waals surface area contributed by atoms with Gasteiger partial charge in [-0.15, -0.1) is 0 Å². The molecule has 1 saturated heterocycles. The van der Waals surface area contributed by atoms with Gasteiger partial charge in [0.1, 0.15) is 0 Å². The summed E-state index contributed by atoms with van der Waals surface area (Å²) in [5.41, 5.74) is 0.988. The molecule has 6 nitrogen and oxygen atoms in total. The molecule has 0 aromatic heterocycles. The number of hydrogen-bond donors (Lipinski definition) is 1. The van der Waals surface area contributed by atoms with Crippen LogP contribution >= 0.6 is 0 Å². The van der Waals surface area contributed by atoms with Crippen molar-refractivity contribution in [3.8, 4) is 0 Å². The average molecular weight is 372 g/mol. The molecule has 2 atom stereocenters.